The van der Waals surface area contributed by atoms with Crippen LogP contribution in [0.5, 0.6) is 0 Å². The number of carbonyl (C=O) groups excluding carboxylic acids is 3. The summed E-state index contributed by atoms with van der Waals surface area (Å²) in [7, 11) is 0. The molecule has 4 aromatic rings. The Morgan fingerprint density at radius 1 is 0.500 bits per heavy atom. The molecule has 0 saturated heterocycles. The summed E-state index contributed by atoms with van der Waals surface area (Å²) in [6.07, 6.45) is -1.37. The van der Waals surface area contributed by atoms with Gasteiger partial charge in [-0.3, -0.25) is 0 Å². The van der Waals surface area contributed by atoms with Crippen molar-refractivity contribution >= 4 is 18.1 Å². The van der Waals surface area contributed by atoms with E-state index in [2.05, 4.69) is 0 Å². The fourth-order valence-electron chi connectivity index (χ4n) is 3.86. The lowest BCUT2D eigenvalue weighted by atomic mass is 9.96. The average molecular weight is 450 g/mol. The van der Waals surface area contributed by atoms with Crippen molar-refractivity contribution in [3.05, 3.63) is 119 Å². The maximum atomic E-state index is 12.6. The number of rotatable bonds is 4. The van der Waals surface area contributed by atoms with E-state index < -0.39 is 18.1 Å². The van der Waals surface area contributed by atoms with Gasteiger partial charge in [-0.2, -0.15) is 0 Å². The van der Waals surface area contributed by atoms with Crippen LogP contribution in [0.3, 0.4) is 0 Å². The Balaban J connectivity index is 1.49. The van der Waals surface area contributed by atoms with E-state index in [1.165, 1.54) is 0 Å². The van der Waals surface area contributed by atoms with Gasteiger partial charge in [-0.15, -0.1) is 0 Å². The Morgan fingerprint density at radius 3 is 1.26 bits per heavy atom. The molecule has 0 bridgehead atoms. The fourth-order valence-corrected chi connectivity index (χ4v) is 3.86. The van der Waals surface area contributed by atoms with Crippen molar-refractivity contribution in [3.63, 3.8) is 0 Å². The molecule has 0 heterocycles. The van der Waals surface area contributed by atoms with Gasteiger partial charge in [0.2, 0.25) is 0 Å². The first kappa shape index (κ1) is 22.7. The molecule has 0 fully saturated rings. The van der Waals surface area contributed by atoms with E-state index in [9.17, 15) is 14.4 Å². The molecular weight excluding hydrogens is 428 g/mol. The van der Waals surface area contributed by atoms with Crippen LogP contribution in [0.4, 0.5) is 4.79 Å². The zero-order valence-corrected chi connectivity index (χ0v) is 18.8. The van der Waals surface area contributed by atoms with Crippen molar-refractivity contribution in [1.82, 2.24) is 0 Å². The first-order valence-electron chi connectivity index (χ1n) is 10.7. The summed E-state index contributed by atoms with van der Waals surface area (Å²) >= 11 is 0. The number of hydrogen-bond donors (Lipinski definition) is 0. The van der Waals surface area contributed by atoms with Gasteiger partial charge in [-0.1, -0.05) is 84.9 Å². The highest BCUT2D eigenvalue weighted by Crippen LogP contribution is 2.27. The number of esters is 2. The molecule has 0 spiro atoms. The third-order valence-corrected chi connectivity index (χ3v) is 5.63. The molecule has 0 aromatic heterocycles. The Labute approximate surface area is 197 Å². The smallest absolute Gasteiger partial charge is 0.356 e. The summed E-state index contributed by atoms with van der Waals surface area (Å²) in [5.41, 5.74) is 5.29. The molecule has 0 aliphatic rings. The van der Waals surface area contributed by atoms with Gasteiger partial charge < -0.3 is 9.47 Å². The standard InChI is InChI=1S/C29H22O5/c1-19-23(21-11-5-3-6-12-21)15-9-17-25(19)27(30)33-29(32)34-28(31)26-18-10-16-24(20(26)2)22-13-7-4-8-14-22/h3-18H,1-2H3. The predicted octanol–water partition coefficient (Wildman–Crippen LogP) is 6.77. The van der Waals surface area contributed by atoms with E-state index in [4.69, 9.17) is 9.47 Å². The Hall–Kier alpha value is -4.51. The number of hydrogen-bond acceptors (Lipinski definition) is 5. The second-order valence-electron chi connectivity index (χ2n) is 7.72. The minimum absolute atomic E-state index is 0.216. The minimum atomic E-state index is -1.37. The van der Waals surface area contributed by atoms with Gasteiger partial charge in [-0.05, 0) is 59.4 Å². The highest BCUT2D eigenvalue weighted by molar-refractivity contribution is 6.02. The zero-order chi connectivity index (χ0) is 24.1. The lowest BCUT2D eigenvalue weighted by Crippen LogP contribution is -2.19. The summed E-state index contributed by atoms with van der Waals surface area (Å²) in [6.45, 7) is 3.54. The zero-order valence-electron chi connectivity index (χ0n) is 18.8. The maximum absolute atomic E-state index is 12.6. The molecule has 0 aliphatic carbocycles. The molecule has 0 atom stereocenters. The second-order valence-corrected chi connectivity index (χ2v) is 7.72. The SMILES string of the molecule is Cc1c(C(=O)OC(=O)OC(=O)c2cccc(-c3ccccc3)c2C)cccc1-c1ccccc1. The largest absolute Gasteiger partial charge is 0.524 e. The first-order chi connectivity index (χ1) is 16.5. The van der Waals surface area contributed by atoms with E-state index in [1.807, 2.05) is 72.8 Å². The van der Waals surface area contributed by atoms with Crippen LogP contribution in [0.15, 0.2) is 97.1 Å². The average Bonchev–Trinajstić information content (AvgIpc) is 2.85. The number of carbonyl (C=O) groups is 3. The molecule has 0 saturated carbocycles. The Bertz CT molecular complexity index is 1250. The molecule has 4 aromatic carbocycles. The van der Waals surface area contributed by atoms with Crippen molar-refractivity contribution in [1.29, 1.82) is 0 Å². The monoisotopic (exact) mass is 450 g/mol. The highest BCUT2D eigenvalue weighted by Gasteiger charge is 2.22. The molecule has 0 N–H and O–H groups in total. The van der Waals surface area contributed by atoms with Gasteiger partial charge >= 0.3 is 18.1 Å². The van der Waals surface area contributed by atoms with Crippen LogP contribution < -0.4 is 0 Å². The summed E-state index contributed by atoms with van der Waals surface area (Å²) in [5.74, 6) is -1.77. The summed E-state index contributed by atoms with van der Waals surface area (Å²) < 4.78 is 9.67. The van der Waals surface area contributed by atoms with Crippen molar-refractivity contribution < 1.29 is 23.9 Å². The predicted molar refractivity (Wildman–Crippen MR) is 129 cm³/mol. The van der Waals surface area contributed by atoms with Crippen molar-refractivity contribution in [2.45, 2.75) is 13.8 Å². The molecule has 4 rings (SSSR count). The van der Waals surface area contributed by atoms with Crippen molar-refractivity contribution in [3.8, 4) is 22.3 Å². The molecule has 5 nitrogen and oxygen atoms in total. The van der Waals surface area contributed by atoms with Crippen LogP contribution in [0.2, 0.25) is 0 Å². The van der Waals surface area contributed by atoms with Gasteiger partial charge in [0.15, 0.2) is 0 Å². The van der Waals surface area contributed by atoms with Gasteiger partial charge in [-0.25, -0.2) is 14.4 Å². The van der Waals surface area contributed by atoms with E-state index in [-0.39, 0.29) is 11.1 Å². The normalized spacial score (nSPS) is 10.4. The van der Waals surface area contributed by atoms with Crippen LogP contribution in [-0.2, 0) is 9.47 Å². The summed E-state index contributed by atoms with van der Waals surface area (Å²) in [4.78, 5) is 37.6. The quantitative estimate of drug-likeness (QED) is 0.253. The third-order valence-electron chi connectivity index (χ3n) is 5.63. The molecular formula is C29H22O5. The molecule has 168 valence electrons. The highest BCUT2D eigenvalue weighted by atomic mass is 16.8. The number of ether oxygens (including phenoxy) is 2. The van der Waals surface area contributed by atoms with Crippen LogP contribution in [-0.4, -0.2) is 18.1 Å². The van der Waals surface area contributed by atoms with Crippen LogP contribution >= 0.6 is 0 Å². The van der Waals surface area contributed by atoms with Gasteiger partial charge in [0.25, 0.3) is 0 Å². The van der Waals surface area contributed by atoms with Crippen molar-refractivity contribution in [2.75, 3.05) is 0 Å². The van der Waals surface area contributed by atoms with Gasteiger partial charge in [0.1, 0.15) is 0 Å². The van der Waals surface area contributed by atoms with E-state index in [0.717, 1.165) is 22.3 Å². The van der Waals surface area contributed by atoms with Crippen LogP contribution in [0.1, 0.15) is 31.8 Å². The Kier molecular flexibility index (Phi) is 6.64. The summed E-state index contributed by atoms with van der Waals surface area (Å²) in [5, 5.41) is 0. The lowest BCUT2D eigenvalue weighted by Gasteiger charge is -2.12. The van der Waals surface area contributed by atoms with E-state index in [1.54, 1.807) is 38.1 Å². The topological polar surface area (TPSA) is 69.7 Å². The van der Waals surface area contributed by atoms with Crippen LogP contribution in [0.25, 0.3) is 22.3 Å². The molecule has 5 heteroatoms. The second kappa shape index (κ2) is 9.96. The molecule has 0 radical (unpaired) electrons. The van der Waals surface area contributed by atoms with E-state index >= 15 is 0 Å². The minimum Gasteiger partial charge on any atom is -0.356 e. The molecule has 34 heavy (non-hydrogen) atoms. The fraction of sp³-hybridized carbons (Fsp3) is 0.0690. The van der Waals surface area contributed by atoms with Crippen LogP contribution in [0, 0.1) is 13.8 Å². The third kappa shape index (κ3) is 4.79. The molecule has 0 unspecified atom stereocenters. The molecule has 0 amide bonds. The number of benzene rings is 4. The van der Waals surface area contributed by atoms with E-state index in [0.29, 0.717) is 11.1 Å². The van der Waals surface area contributed by atoms with Gasteiger partial charge in [0, 0.05) is 0 Å². The first-order valence-corrected chi connectivity index (χ1v) is 10.7. The maximum Gasteiger partial charge on any atom is 0.524 e. The van der Waals surface area contributed by atoms with Gasteiger partial charge in [0.05, 0.1) is 11.1 Å². The lowest BCUT2D eigenvalue weighted by molar-refractivity contribution is 0.0337. The summed E-state index contributed by atoms with van der Waals surface area (Å²) in [6, 6.07) is 29.4. The molecule has 0 aliphatic heterocycles. The Morgan fingerprint density at radius 2 is 0.882 bits per heavy atom. The van der Waals surface area contributed by atoms with Crippen molar-refractivity contribution in [2.24, 2.45) is 0 Å².